The Hall–Kier alpha value is -1.87. The Kier molecular flexibility index (Phi) is 4.17. The molecule has 19 heavy (non-hydrogen) atoms. The van der Waals surface area contributed by atoms with E-state index in [0.29, 0.717) is 39.0 Å². The van der Waals surface area contributed by atoms with Gasteiger partial charge in [-0.25, -0.2) is 4.98 Å². The lowest BCUT2D eigenvalue weighted by atomic mass is 9.81. The van der Waals surface area contributed by atoms with Gasteiger partial charge in [0.15, 0.2) is 0 Å². The van der Waals surface area contributed by atoms with Crippen LogP contribution in [0.4, 0.5) is 0 Å². The second kappa shape index (κ2) is 5.85. The fourth-order valence-electron chi connectivity index (χ4n) is 2.20. The number of nitrogens with zero attached hydrogens (tertiary/aromatic N) is 3. The number of aromatic nitrogens is 2. The zero-order valence-electron chi connectivity index (χ0n) is 11.1. The first kappa shape index (κ1) is 13.6. The first-order valence-corrected chi connectivity index (χ1v) is 6.41. The largest absolute Gasteiger partial charge is 0.381 e. The van der Waals surface area contributed by atoms with Crippen LogP contribution in [0.25, 0.3) is 0 Å². The van der Waals surface area contributed by atoms with Crippen molar-refractivity contribution in [3.05, 3.63) is 18.2 Å². The molecule has 1 saturated heterocycles. The van der Waals surface area contributed by atoms with E-state index in [-0.39, 0.29) is 5.91 Å². The van der Waals surface area contributed by atoms with Crippen LogP contribution < -0.4 is 5.32 Å². The molecule has 1 fully saturated rings. The fourth-order valence-corrected chi connectivity index (χ4v) is 2.20. The maximum Gasteiger partial charge on any atom is 0.240 e. The predicted octanol–water partition coefficient (Wildman–Crippen LogP) is 0.399. The van der Waals surface area contributed by atoms with Crippen LogP contribution >= 0.6 is 0 Å². The Labute approximate surface area is 112 Å². The first-order chi connectivity index (χ1) is 9.18. The summed E-state index contributed by atoms with van der Waals surface area (Å²) in [5, 5.41) is 12.1. The summed E-state index contributed by atoms with van der Waals surface area (Å²) in [7, 11) is 1.92. The average Bonchev–Trinajstić information content (AvgIpc) is 2.85. The quantitative estimate of drug-likeness (QED) is 0.851. The number of ether oxygens (including phenoxy) is 1. The van der Waals surface area contributed by atoms with Crippen LogP contribution in [0.2, 0.25) is 0 Å². The summed E-state index contributed by atoms with van der Waals surface area (Å²) in [5.41, 5.74) is -0.917. The van der Waals surface area contributed by atoms with Crippen molar-refractivity contribution < 1.29 is 9.53 Å². The molecule has 1 N–H and O–H groups in total. The molecule has 6 heteroatoms. The lowest BCUT2D eigenvalue weighted by Gasteiger charge is -2.29. The van der Waals surface area contributed by atoms with E-state index in [9.17, 15) is 10.1 Å². The number of aryl methyl sites for hydroxylation is 1. The van der Waals surface area contributed by atoms with Gasteiger partial charge in [-0.3, -0.25) is 4.79 Å². The third-order valence-corrected chi connectivity index (χ3v) is 3.55. The third kappa shape index (κ3) is 2.93. The SMILES string of the molecule is Cn1ccnc1CCNC(=O)C1(C#N)CCOCC1. The molecular weight excluding hydrogens is 244 g/mol. The maximum absolute atomic E-state index is 12.1. The van der Waals surface area contributed by atoms with E-state index in [1.165, 1.54) is 0 Å². The molecule has 0 spiro atoms. The number of imidazole rings is 1. The van der Waals surface area contributed by atoms with E-state index in [1.807, 2.05) is 17.8 Å². The summed E-state index contributed by atoms with van der Waals surface area (Å²) >= 11 is 0. The van der Waals surface area contributed by atoms with Crippen molar-refractivity contribution in [3.8, 4) is 6.07 Å². The number of carbonyl (C=O) groups is 1. The Bertz CT molecular complexity index is 483. The molecule has 1 aliphatic heterocycles. The number of carbonyl (C=O) groups excluding carboxylic acids is 1. The van der Waals surface area contributed by atoms with Gasteiger partial charge in [-0.2, -0.15) is 5.26 Å². The van der Waals surface area contributed by atoms with Crippen LogP contribution in [0.3, 0.4) is 0 Å². The summed E-state index contributed by atoms with van der Waals surface area (Å²) in [6, 6.07) is 2.16. The van der Waals surface area contributed by atoms with E-state index >= 15 is 0 Å². The third-order valence-electron chi connectivity index (χ3n) is 3.55. The van der Waals surface area contributed by atoms with Crippen LogP contribution in [-0.4, -0.2) is 35.2 Å². The van der Waals surface area contributed by atoms with Crippen LogP contribution in [0.1, 0.15) is 18.7 Å². The molecule has 0 aromatic carbocycles. The molecule has 0 saturated carbocycles. The van der Waals surface area contributed by atoms with Crippen molar-refractivity contribution in [2.75, 3.05) is 19.8 Å². The highest BCUT2D eigenvalue weighted by Gasteiger charge is 2.40. The highest BCUT2D eigenvalue weighted by Crippen LogP contribution is 2.29. The van der Waals surface area contributed by atoms with Gasteiger partial charge < -0.3 is 14.6 Å². The molecular formula is C13H18N4O2. The molecule has 2 rings (SSSR count). The monoisotopic (exact) mass is 262 g/mol. The van der Waals surface area contributed by atoms with E-state index in [2.05, 4.69) is 16.4 Å². The fraction of sp³-hybridized carbons (Fsp3) is 0.615. The highest BCUT2D eigenvalue weighted by molar-refractivity contribution is 5.85. The molecule has 0 unspecified atom stereocenters. The van der Waals surface area contributed by atoms with Crippen LogP contribution in [0.5, 0.6) is 0 Å². The lowest BCUT2D eigenvalue weighted by molar-refractivity contribution is -0.132. The molecule has 102 valence electrons. The number of amides is 1. The average molecular weight is 262 g/mol. The number of rotatable bonds is 4. The summed E-state index contributed by atoms with van der Waals surface area (Å²) in [6.45, 7) is 1.44. The van der Waals surface area contributed by atoms with Gasteiger partial charge in [0.25, 0.3) is 0 Å². The molecule has 1 aromatic heterocycles. The van der Waals surface area contributed by atoms with Crippen molar-refractivity contribution in [2.45, 2.75) is 19.3 Å². The molecule has 1 aromatic rings. The molecule has 1 amide bonds. The minimum Gasteiger partial charge on any atom is -0.381 e. The molecule has 0 atom stereocenters. The van der Waals surface area contributed by atoms with Crippen molar-refractivity contribution in [1.82, 2.24) is 14.9 Å². The van der Waals surface area contributed by atoms with E-state index < -0.39 is 5.41 Å². The van der Waals surface area contributed by atoms with E-state index in [1.54, 1.807) is 6.20 Å². The Morgan fingerprint density at radius 1 is 1.63 bits per heavy atom. The molecule has 0 radical (unpaired) electrons. The van der Waals surface area contributed by atoms with E-state index in [4.69, 9.17) is 4.74 Å². The normalized spacial score (nSPS) is 17.7. The van der Waals surface area contributed by atoms with Crippen molar-refractivity contribution in [2.24, 2.45) is 12.5 Å². The van der Waals surface area contributed by atoms with Gasteiger partial charge in [-0.1, -0.05) is 0 Å². The molecule has 0 bridgehead atoms. The summed E-state index contributed by atoms with van der Waals surface area (Å²) < 4.78 is 7.13. The minimum atomic E-state index is -0.917. The minimum absolute atomic E-state index is 0.187. The molecule has 6 nitrogen and oxygen atoms in total. The second-order valence-corrected chi connectivity index (χ2v) is 4.77. The maximum atomic E-state index is 12.1. The zero-order chi connectivity index (χ0) is 13.7. The van der Waals surface area contributed by atoms with Gasteiger partial charge in [-0.15, -0.1) is 0 Å². The Morgan fingerprint density at radius 2 is 2.37 bits per heavy atom. The van der Waals surface area contributed by atoms with Crippen molar-refractivity contribution in [3.63, 3.8) is 0 Å². The standard InChI is InChI=1S/C13H18N4O2/c1-17-7-6-15-11(17)2-5-16-12(18)13(10-14)3-8-19-9-4-13/h6-7H,2-5,8-9H2,1H3,(H,16,18). The first-order valence-electron chi connectivity index (χ1n) is 6.41. The number of nitrogens with one attached hydrogen (secondary N) is 1. The van der Waals surface area contributed by atoms with Crippen LogP contribution in [-0.2, 0) is 23.0 Å². The van der Waals surface area contributed by atoms with Gasteiger partial charge in [0.05, 0.1) is 6.07 Å². The Morgan fingerprint density at radius 3 is 2.95 bits per heavy atom. The van der Waals surface area contributed by atoms with Gasteiger partial charge in [-0.05, 0) is 12.8 Å². The van der Waals surface area contributed by atoms with Gasteiger partial charge in [0.2, 0.25) is 5.91 Å². The number of nitriles is 1. The summed E-state index contributed by atoms with van der Waals surface area (Å²) in [6.07, 6.45) is 5.20. The lowest BCUT2D eigenvalue weighted by Crippen LogP contribution is -2.44. The predicted molar refractivity (Wildman–Crippen MR) is 68.0 cm³/mol. The second-order valence-electron chi connectivity index (χ2n) is 4.77. The number of hydrogen-bond donors (Lipinski definition) is 1. The zero-order valence-corrected chi connectivity index (χ0v) is 11.1. The van der Waals surface area contributed by atoms with E-state index in [0.717, 1.165) is 5.82 Å². The molecule has 2 heterocycles. The van der Waals surface area contributed by atoms with Gasteiger partial charge in [0.1, 0.15) is 11.2 Å². The van der Waals surface area contributed by atoms with Crippen molar-refractivity contribution in [1.29, 1.82) is 5.26 Å². The van der Waals surface area contributed by atoms with Crippen LogP contribution in [0.15, 0.2) is 12.4 Å². The smallest absolute Gasteiger partial charge is 0.240 e. The molecule has 0 aliphatic carbocycles. The topological polar surface area (TPSA) is 79.9 Å². The van der Waals surface area contributed by atoms with Gasteiger partial charge >= 0.3 is 0 Å². The summed E-state index contributed by atoms with van der Waals surface area (Å²) in [4.78, 5) is 16.3. The molecule has 1 aliphatic rings. The Balaban J connectivity index is 1.87. The van der Waals surface area contributed by atoms with Crippen LogP contribution in [0, 0.1) is 16.7 Å². The van der Waals surface area contributed by atoms with Gasteiger partial charge in [0, 0.05) is 45.6 Å². The van der Waals surface area contributed by atoms with Crippen molar-refractivity contribution >= 4 is 5.91 Å². The summed E-state index contributed by atoms with van der Waals surface area (Å²) in [5.74, 6) is 0.728. The highest BCUT2D eigenvalue weighted by atomic mass is 16.5. The number of hydrogen-bond acceptors (Lipinski definition) is 4.